The average molecular weight is 268 g/mol. The van der Waals surface area contributed by atoms with Gasteiger partial charge in [0.15, 0.2) is 0 Å². The highest BCUT2D eigenvalue weighted by molar-refractivity contribution is 5.78. The summed E-state index contributed by atoms with van der Waals surface area (Å²) in [5.74, 6) is 0.348. The highest BCUT2D eigenvalue weighted by Crippen LogP contribution is 2.65. The number of rotatable bonds is 1. The van der Waals surface area contributed by atoms with Gasteiger partial charge in [0, 0.05) is 6.08 Å². The fourth-order valence-corrected chi connectivity index (χ4v) is 4.70. The second-order valence-corrected chi connectivity index (χ2v) is 6.99. The summed E-state index contributed by atoms with van der Waals surface area (Å²) in [6.45, 7) is 6.97. The second-order valence-electron chi connectivity index (χ2n) is 6.99. The summed E-state index contributed by atoms with van der Waals surface area (Å²) in [5.41, 5.74) is -1.69. The summed E-state index contributed by atoms with van der Waals surface area (Å²) in [6.07, 6.45) is 5.99. The molecule has 0 spiro atoms. The van der Waals surface area contributed by atoms with Gasteiger partial charge in [0.05, 0.1) is 11.2 Å². The van der Waals surface area contributed by atoms with E-state index in [1.165, 1.54) is 6.42 Å². The first-order valence-corrected chi connectivity index (χ1v) is 6.94. The van der Waals surface area contributed by atoms with Crippen molar-refractivity contribution in [3.63, 3.8) is 0 Å². The lowest BCUT2D eigenvalue weighted by Crippen LogP contribution is -2.71. The van der Waals surface area contributed by atoms with E-state index in [4.69, 9.17) is 5.11 Å². The van der Waals surface area contributed by atoms with Crippen LogP contribution in [0.3, 0.4) is 0 Å². The van der Waals surface area contributed by atoms with Crippen LogP contribution in [0, 0.1) is 17.3 Å². The maximum absolute atomic E-state index is 10.6. The smallest absolute Gasteiger partial charge is 0.327 e. The van der Waals surface area contributed by atoms with Crippen molar-refractivity contribution in [2.24, 2.45) is 17.3 Å². The third kappa shape index (κ3) is 2.11. The minimum Gasteiger partial charge on any atom is -0.478 e. The normalized spacial score (nSPS) is 50.3. The molecule has 0 aliphatic heterocycles. The van der Waals surface area contributed by atoms with E-state index in [1.54, 1.807) is 0 Å². The highest BCUT2D eigenvalue weighted by atomic mass is 16.4. The van der Waals surface area contributed by atoms with Crippen LogP contribution in [0.25, 0.3) is 0 Å². The van der Waals surface area contributed by atoms with Gasteiger partial charge in [-0.25, -0.2) is 4.79 Å². The summed E-state index contributed by atoms with van der Waals surface area (Å²) < 4.78 is 0. The van der Waals surface area contributed by atoms with Crippen LogP contribution in [0.4, 0.5) is 0 Å². The van der Waals surface area contributed by atoms with Crippen molar-refractivity contribution in [1.82, 2.24) is 0 Å². The van der Waals surface area contributed by atoms with Crippen molar-refractivity contribution in [2.75, 3.05) is 0 Å². The summed E-state index contributed by atoms with van der Waals surface area (Å²) >= 11 is 0. The maximum atomic E-state index is 10.6. The number of carbonyl (C=O) groups is 1. The minimum atomic E-state index is -0.981. The molecule has 4 rings (SSSR count). The van der Waals surface area contributed by atoms with E-state index in [1.807, 2.05) is 6.92 Å². The van der Waals surface area contributed by atoms with Crippen LogP contribution in [0.15, 0.2) is 12.7 Å². The average Bonchev–Trinajstić information content (AvgIpc) is 2.25. The van der Waals surface area contributed by atoms with Crippen molar-refractivity contribution in [3.05, 3.63) is 12.7 Å². The van der Waals surface area contributed by atoms with E-state index in [-0.39, 0.29) is 5.41 Å². The zero-order valence-corrected chi connectivity index (χ0v) is 11.7. The number of aliphatic carboxylic acids is 1. The molecule has 4 bridgehead atoms. The van der Waals surface area contributed by atoms with Crippen molar-refractivity contribution in [3.8, 4) is 0 Å². The quantitative estimate of drug-likeness (QED) is 0.635. The van der Waals surface area contributed by atoms with E-state index in [0.717, 1.165) is 31.8 Å². The van der Waals surface area contributed by atoms with Gasteiger partial charge in [0.2, 0.25) is 0 Å². The monoisotopic (exact) mass is 268 g/mol. The maximum Gasteiger partial charge on any atom is 0.327 e. The SMILES string of the molecule is C=CC(=O)O.CC12CC3CC(C1)CC(O)(C3)C2(C)O. The van der Waals surface area contributed by atoms with Gasteiger partial charge in [-0.05, 0) is 56.3 Å². The Bertz CT molecular complexity index is 361. The molecule has 0 aromatic carbocycles. The lowest BCUT2D eigenvalue weighted by atomic mass is 9.42. The predicted octanol–water partition coefficient (Wildman–Crippen LogP) is 1.96. The molecule has 108 valence electrons. The van der Waals surface area contributed by atoms with Gasteiger partial charge in [0.1, 0.15) is 0 Å². The Morgan fingerprint density at radius 1 is 1.16 bits per heavy atom. The number of aliphatic hydroxyl groups is 2. The number of hydrogen-bond donors (Lipinski definition) is 3. The first-order chi connectivity index (χ1) is 8.63. The molecule has 19 heavy (non-hydrogen) atoms. The third-order valence-electron chi connectivity index (χ3n) is 5.65. The van der Waals surface area contributed by atoms with E-state index in [0.29, 0.717) is 11.8 Å². The number of hydrogen-bond acceptors (Lipinski definition) is 3. The molecule has 4 nitrogen and oxygen atoms in total. The van der Waals surface area contributed by atoms with Crippen LogP contribution in [-0.2, 0) is 4.79 Å². The Balaban J connectivity index is 0.000000232. The summed E-state index contributed by atoms with van der Waals surface area (Å²) in [4.78, 5) is 9.25. The molecule has 0 aromatic heterocycles. The predicted molar refractivity (Wildman–Crippen MR) is 71.6 cm³/mol. The molecule has 0 heterocycles. The van der Waals surface area contributed by atoms with Gasteiger partial charge in [-0.3, -0.25) is 0 Å². The van der Waals surface area contributed by atoms with Crippen LogP contribution < -0.4 is 0 Å². The minimum absolute atomic E-state index is 0.0359. The Labute approximate surface area is 114 Å². The molecule has 0 saturated heterocycles. The summed E-state index contributed by atoms with van der Waals surface area (Å²) in [7, 11) is 0. The molecular weight excluding hydrogens is 244 g/mol. The Hall–Kier alpha value is -0.870. The van der Waals surface area contributed by atoms with Gasteiger partial charge < -0.3 is 15.3 Å². The number of carboxylic acids is 1. The van der Waals surface area contributed by atoms with Crippen LogP contribution in [-0.4, -0.2) is 32.5 Å². The zero-order valence-electron chi connectivity index (χ0n) is 11.7. The second kappa shape index (κ2) is 4.32. The largest absolute Gasteiger partial charge is 0.478 e. The third-order valence-corrected chi connectivity index (χ3v) is 5.65. The van der Waals surface area contributed by atoms with Gasteiger partial charge >= 0.3 is 5.97 Å². The molecule has 4 aliphatic rings. The molecule has 0 aromatic rings. The van der Waals surface area contributed by atoms with Gasteiger partial charge in [-0.1, -0.05) is 13.5 Å². The molecule has 0 amide bonds. The Morgan fingerprint density at radius 2 is 1.58 bits per heavy atom. The standard InChI is InChI=1S/C12H20O2.C3H4O2/c1-10-4-8-3-9(5-10)7-12(14,6-8)11(10,2)13;1-2-3(4)5/h8-9,13-14H,3-7H2,1-2H3;2H,1H2,(H,4,5). The van der Waals surface area contributed by atoms with Crippen LogP contribution in [0.1, 0.15) is 46.0 Å². The van der Waals surface area contributed by atoms with Crippen molar-refractivity contribution in [2.45, 2.75) is 57.2 Å². The zero-order chi connectivity index (χ0) is 14.5. The molecule has 4 aliphatic carbocycles. The van der Waals surface area contributed by atoms with E-state index in [9.17, 15) is 15.0 Å². The Kier molecular flexibility index (Phi) is 3.30. The lowest BCUT2D eigenvalue weighted by molar-refractivity contribution is -0.292. The van der Waals surface area contributed by atoms with Crippen molar-refractivity contribution >= 4 is 5.97 Å². The molecule has 4 saturated carbocycles. The van der Waals surface area contributed by atoms with Crippen LogP contribution in [0.2, 0.25) is 0 Å². The molecular formula is C15H24O4. The Morgan fingerprint density at radius 3 is 1.89 bits per heavy atom. The summed E-state index contributed by atoms with van der Waals surface area (Å²) in [5, 5.41) is 28.7. The molecule has 4 heteroatoms. The van der Waals surface area contributed by atoms with E-state index < -0.39 is 17.2 Å². The molecule has 3 atom stereocenters. The lowest BCUT2D eigenvalue weighted by Gasteiger charge is -2.67. The topological polar surface area (TPSA) is 77.8 Å². The molecule has 0 radical (unpaired) electrons. The number of carboxylic acid groups (broad SMARTS) is 1. The van der Waals surface area contributed by atoms with Gasteiger partial charge in [-0.15, -0.1) is 0 Å². The fraction of sp³-hybridized carbons (Fsp3) is 0.800. The first-order valence-electron chi connectivity index (χ1n) is 6.94. The van der Waals surface area contributed by atoms with Crippen LogP contribution in [0.5, 0.6) is 0 Å². The van der Waals surface area contributed by atoms with Crippen molar-refractivity contribution < 1.29 is 20.1 Å². The fourth-order valence-electron chi connectivity index (χ4n) is 4.70. The van der Waals surface area contributed by atoms with Crippen molar-refractivity contribution in [1.29, 1.82) is 0 Å². The molecule has 3 N–H and O–H groups in total. The molecule has 3 unspecified atom stereocenters. The first kappa shape index (κ1) is 14.5. The van der Waals surface area contributed by atoms with Crippen LogP contribution >= 0.6 is 0 Å². The van der Waals surface area contributed by atoms with Gasteiger partial charge in [0.25, 0.3) is 0 Å². The van der Waals surface area contributed by atoms with E-state index in [2.05, 4.69) is 13.5 Å². The van der Waals surface area contributed by atoms with E-state index >= 15 is 0 Å². The van der Waals surface area contributed by atoms with Gasteiger partial charge in [-0.2, -0.15) is 0 Å². The molecule has 4 fully saturated rings. The summed E-state index contributed by atoms with van der Waals surface area (Å²) in [6, 6.07) is 0. The highest BCUT2D eigenvalue weighted by Gasteiger charge is 2.67.